The highest BCUT2D eigenvalue weighted by atomic mass is 16.4. The molecule has 1 heterocycles. The molecule has 0 aromatic carbocycles. The van der Waals surface area contributed by atoms with Crippen LogP contribution in [0.3, 0.4) is 0 Å². The number of Topliss-reactive ketones (excluding diaryl/α,β-unsaturated/α-hetero) is 1. The summed E-state index contributed by atoms with van der Waals surface area (Å²) in [7, 11) is 2.07. The number of nitrogens with zero attached hydrogens (tertiary/aromatic N) is 3. The number of hydrogen-bond acceptors (Lipinski definition) is 9. The largest absolute Gasteiger partial charge is 0.480 e. The first kappa shape index (κ1) is 29.0. The average molecular weight is 415 g/mol. The topological polar surface area (TPSA) is 132 Å². The molecule has 0 atom stereocenters. The molecule has 1 aliphatic rings. The maximum absolute atomic E-state index is 12.0. The van der Waals surface area contributed by atoms with Gasteiger partial charge in [-0.05, 0) is 20.0 Å². The molecule has 10 heteroatoms. The molecule has 0 amide bonds. The van der Waals surface area contributed by atoms with Crippen molar-refractivity contribution < 1.29 is 33.9 Å². The number of carbonyl (C=O) groups is 2. The number of carbonyl (C=O) groups excluding carboxylic acids is 5. The molecule has 0 aliphatic carbocycles. The van der Waals surface area contributed by atoms with Crippen molar-refractivity contribution in [1.82, 2.24) is 14.7 Å². The van der Waals surface area contributed by atoms with Gasteiger partial charge >= 0.3 is 18.3 Å². The average Bonchev–Trinajstić information content (AvgIpc) is 2.68. The molecule has 1 saturated heterocycles. The van der Waals surface area contributed by atoms with Crippen molar-refractivity contribution in [2.45, 2.75) is 33.6 Å². The normalized spacial score (nSPS) is 16.3. The zero-order valence-electron chi connectivity index (χ0n) is 17.8. The van der Waals surface area contributed by atoms with Crippen LogP contribution in [0.5, 0.6) is 0 Å². The van der Waals surface area contributed by atoms with Crippen molar-refractivity contribution in [2.24, 2.45) is 5.41 Å². The van der Waals surface area contributed by atoms with Crippen LogP contribution >= 0.6 is 0 Å². The van der Waals surface area contributed by atoms with Crippen molar-refractivity contribution in [3.8, 4) is 0 Å². The number of aliphatic carboxylic acids is 1. The predicted molar refractivity (Wildman–Crippen MR) is 102 cm³/mol. The Hall–Kier alpha value is -2.22. The van der Waals surface area contributed by atoms with E-state index < -0.39 is 5.97 Å². The van der Waals surface area contributed by atoms with Crippen LogP contribution in [0.15, 0.2) is 0 Å². The second-order valence-electron chi connectivity index (χ2n) is 7.76. The fourth-order valence-electron chi connectivity index (χ4n) is 2.65. The summed E-state index contributed by atoms with van der Waals surface area (Å²) in [4.78, 5) is 62.1. The van der Waals surface area contributed by atoms with E-state index in [9.17, 15) is 9.59 Å². The zero-order valence-corrected chi connectivity index (χ0v) is 17.8. The standard InChI is InChI=1S/C17H33N3O3.2CO2/c1-17(2,3)15(21)6-5-7-19-10-8-18(4)9-11-20(13-12-19)14-16(22)23;2*2-1-3/h5-14H2,1-4H3,(H,22,23);;. The summed E-state index contributed by atoms with van der Waals surface area (Å²) in [6, 6.07) is 0. The molecular formula is C19H33N3O7. The minimum Gasteiger partial charge on any atom is -0.480 e. The molecule has 0 spiro atoms. The van der Waals surface area contributed by atoms with Crippen LogP contribution in [-0.4, -0.2) is 103 Å². The maximum atomic E-state index is 12.0. The highest BCUT2D eigenvalue weighted by molar-refractivity contribution is 5.83. The summed E-state index contributed by atoms with van der Waals surface area (Å²) in [6.45, 7) is 12.2. The first-order chi connectivity index (χ1) is 13.5. The molecule has 0 saturated carbocycles. The van der Waals surface area contributed by atoms with Crippen molar-refractivity contribution >= 4 is 24.1 Å². The van der Waals surface area contributed by atoms with E-state index in [1.165, 1.54) is 0 Å². The van der Waals surface area contributed by atoms with Crippen LogP contribution in [0.2, 0.25) is 0 Å². The fourth-order valence-corrected chi connectivity index (χ4v) is 2.65. The van der Waals surface area contributed by atoms with Crippen LogP contribution in [0.1, 0.15) is 33.6 Å². The van der Waals surface area contributed by atoms with Gasteiger partial charge < -0.3 is 14.9 Å². The van der Waals surface area contributed by atoms with Crippen LogP contribution < -0.4 is 0 Å². The van der Waals surface area contributed by atoms with Crippen LogP contribution in [0, 0.1) is 5.41 Å². The third kappa shape index (κ3) is 17.6. The molecule has 0 radical (unpaired) electrons. The zero-order chi connectivity index (χ0) is 22.9. The highest BCUT2D eigenvalue weighted by Crippen LogP contribution is 2.17. The maximum Gasteiger partial charge on any atom is 0.373 e. The predicted octanol–water partition coefficient (Wildman–Crippen LogP) is -0.151. The van der Waals surface area contributed by atoms with Gasteiger partial charge in [0.15, 0.2) is 0 Å². The summed E-state index contributed by atoms with van der Waals surface area (Å²) in [5.41, 5.74) is -0.258. The van der Waals surface area contributed by atoms with Crippen molar-refractivity contribution in [2.75, 3.05) is 59.4 Å². The third-order valence-electron chi connectivity index (χ3n) is 4.40. The number of rotatable bonds is 6. The molecular weight excluding hydrogens is 382 g/mol. The van der Waals surface area contributed by atoms with E-state index >= 15 is 0 Å². The van der Waals surface area contributed by atoms with Gasteiger partial charge in [-0.3, -0.25) is 14.5 Å². The fraction of sp³-hybridized carbons (Fsp3) is 0.789. The van der Waals surface area contributed by atoms with E-state index in [0.29, 0.717) is 12.2 Å². The van der Waals surface area contributed by atoms with Crippen molar-refractivity contribution in [3.05, 3.63) is 0 Å². The summed E-state index contributed by atoms with van der Waals surface area (Å²) < 4.78 is 0. The number of likely N-dealkylation sites (N-methyl/N-ethyl adjacent to an activating group) is 1. The van der Waals surface area contributed by atoms with Crippen LogP contribution in [0.25, 0.3) is 0 Å². The van der Waals surface area contributed by atoms with E-state index in [1.807, 2.05) is 25.7 Å². The molecule has 0 aromatic heterocycles. The lowest BCUT2D eigenvalue weighted by atomic mass is 9.88. The molecule has 0 bridgehead atoms. The summed E-state index contributed by atoms with van der Waals surface area (Å²) in [5, 5.41) is 9.00. The van der Waals surface area contributed by atoms with Gasteiger partial charge in [-0.2, -0.15) is 19.2 Å². The number of hydrogen-bond donors (Lipinski definition) is 1. The van der Waals surface area contributed by atoms with E-state index in [-0.39, 0.29) is 24.3 Å². The van der Waals surface area contributed by atoms with Gasteiger partial charge in [-0.25, -0.2) is 0 Å². The van der Waals surface area contributed by atoms with Crippen molar-refractivity contribution in [3.63, 3.8) is 0 Å². The Kier molecular flexibility index (Phi) is 16.7. The summed E-state index contributed by atoms with van der Waals surface area (Å²) >= 11 is 0. The summed E-state index contributed by atoms with van der Waals surface area (Å²) in [6.07, 6.45) is 1.99. The first-order valence-corrected chi connectivity index (χ1v) is 9.38. The van der Waals surface area contributed by atoms with Gasteiger partial charge in [0.2, 0.25) is 0 Å². The Bertz CT molecular complexity index is 536. The molecule has 10 nitrogen and oxygen atoms in total. The highest BCUT2D eigenvalue weighted by Gasteiger charge is 2.21. The van der Waals surface area contributed by atoms with E-state index in [1.54, 1.807) is 0 Å². The molecule has 0 aromatic rings. The molecule has 1 fully saturated rings. The molecule has 1 aliphatic heterocycles. The monoisotopic (exact) mass is 415 g/mol. The minimum absolute atomic E-state index is 0.101. The number of carboxylic acids is 1. The van der Waals surface area contributed by atoms with Gasteiger partial charge in [0.05, 0.1) is 6.54 Å². The molecule has 1 rings (SSSR count). The Balaban J connectivity index is 0. The van der Waals surface area contributed by atoms with Gasteiger partial charge in [0.1, 0.15) is 5.78 Å². The Morgan fingerprint density at radius 2 is 1.28 bits per heavy atom. The van der Waals surface area contributed by atoms with E-state index in [2.05, 4.69) is 16.8 Å². The van der Waals surface area contributed by atoms with Crippen LogP contribution in [-0.2, 0) is 28.8 Å². The molecule has 29 heavy (non-hydrogen) atoms. The van der Waals surface area contributed by atoms with Gasteiger partial charge in [-0.15, -0.1) is 0 Å². The molecule has 166 valence electrons. The lowest BCUT2D eigenvalue weighted by Crippen LogP contribution is -2.39. The lowest BCUT2D eigenvalue weighted by Gasteiger charge is -2.25. The van der Waals surface area contributed by atoms with Crippen LogP contribution in [0.4, 0.5) is 0 Å². The second kappa shape index (κ2) is 16.7. The Morgan fingerprint density at radius 3 is 1.72 bits per heavy atom. The summed E-state index contributed by atoms with van der Waals surface area (Å²) in [5.74, 6) is -0.458. The smallest absolute Gasteiger partial charge is 0.373 e. The van der Waals surface area contributed by atoms with Crippen molar-refractivity contribution in [1.29, 1.82) is 0 Å². The third-order valence-corrected chi connectivity index (χ3v) is 4.40. The second-order valence-corrected chi connectivity index (χ2v) is 7.76. The van der Waals surface area contributed by atoms with Gasteiger partial charge in [-0.1, -0.05) is 20.8 Å². The van der Waals surface area contributed by atoms with Gasteiger partial charge in [0, 0.05) is 51.1 Å². The van der Waals surface area contributed by atoms with E-state index in [4.69, 9.17) is 24.3 Å². The quantitative estimate of drug-likeness (QED) is 0.624. The minimum atomic E-state index is -0.769. The SMILES string of the molecule is CN1CCN(CCCC(=O)C(C)(C)C)CCN(CC(=O)O)CC1.O=C=O.O=C=O. The number of carboxylic acid groups (broad SMARTS) is 1. The lowest BCUT2D eigenvalue weighted by molar-refractivity contribution is -0.193. The Morgan fingerprint density at radius 1 is 0.862 bits per heavy atom. The molecule has 1 N–H and O–H groups in total. The molecule has 0 unspecified atom stereocenters. The first-order valence-electron chi connectivity index (χ1n) is 9.38. The van der Waals surface area contributed by atoms with E-state index in [0.717, 1.165) is 52.2 Å². The number of ketones is 1. The van der Waals surface area contributed by atoms with Gasteiger partial charge in [0.25, 0.3) is 0 Å². The Labute approximate surface area is 171 Å².